The molecule has 1 rings (SSSR count). The summed E-state index contributed by atoms with van der Waals surface area (Å²) in [5.41, 5.74) is 3.39. The Bertz CT molecular complexity index is 387. The number of benzene rings is 1. The molecule has 1 aromatic rings. The standard InChI is InChI=1S/C11H13N3O/c1-8(2)13-11(14-15)10-5-3-9(7-12)4-6-10/h3-6,8,15H,1-2H3,(H,13,14). The van der Waals surface area contributed by atoms with E-state index in [1.807, 2.05) is 19.9 Å². The fourth-order valence-electron chi connectivity index (χ4n) is 1.13. The van der Waals surface area contributed by atoms with E-state index < -0.39 is 0 Å². The molecule has 0 aliphatic carbocycles. The molecular weight excluding hydrogens is 190 g/mol. The lowest BCUT2D eigenvalue weighted by molar-refractivity contribution is 0.234. The van der Waals surface area contributed by atoms with E-state index in [0.717, 1.165) is 5.56 Å². The molecule has 78 valence electrons. The Morgan fingerprint density at radius 1 is 1.40 bits per heavy atom. The van der Waals surface area contributed by atoms with Crippen molar-refractivity contribution in [3.05, 3.63) is 35.4 Å². The average Bonchev–Trinajstić information content (AvgIpc) is 2.26. The van der Waals surface area contributed by atoms with Crippen LogP contribution in [0.2, 0.25) is 0 Å². The van der Waals surface area contributed by atoms with E-state index in [0.29, 0.717) is 11.4 Å². The Morgan fingerprint density at radius 3 is 2.40 bits per heavy atom. The molecule has 1 aromatic carbocycles. The van der Waals surface area contributed by atoms with E-state index >= 15 is 0 Å². The number of hydrogen-bond donors (Lipinski definition) is 2. The van der Waals surface area contributed by atoms with Crippen LogP contribution in [0.15, 0.2) is 29.3 Å². The van der Waals surface area contributed by atoms with Gasteiger partial charge in [0.1, 0.15) is 0 Å². The summed E-state index contributed by atoms with van der Waals surface area (Å²) in [4.78, 5) is 4.19. The number of hydroxylamine groups is 1. The minimum Gasteiger partial charge on any atom is -0.290 e. The normalized spacial score (nSPS) is 11.3. The van der Waals surface area contributed by atoms with Crippen molar-refractivity contribution in [1.29, 1.82) is 5.26 Å². The number of hydrogen-bond acceptors (Lipinski definition) is 3. The smallest absolute Gasteiger partial charge is 0.152 e. The van der Waals surface area contributed by atoms with Crippen molar-refractivity contribution in [1.82, 2.24) is 5.48 Å². The molecule has 0 heterocycles. The van der Waals surface area contributed by atoms with Crippen molar-refractivity contribution in [2.24, 2.45) is 4.99 Å². The quantitative estimate of drug-likeness (QED) is 0.436. The first-order chi connectivity index (χ1) is 7.17. The van der Waals surface area contributed by atoms with E-state index in [9.17, 15) is 0 Å². The van der Waals surface area contributed by atoms with Crippen LogP contribution in [0.4, 0.5) is 0 Å². The molecule has 0 aliphatic heterocycles. The van der Waals surface area contributed by atoms with Gasteiger partial charge in [-0.25, -0.2) is 0 Å². The number of nitriles is 1. The fourth-order valence-corrected chi connectivity index (χ4v) is 1.13. The van der Waals surface area contributed by atoms with Gasteiger partial charge in [-0.15, -0.1) is 0 Å². The van der Waals surface area contributed by atoms with Gasteiger partial charge in [0.15, 0.2) is 5.84 Å². The van der Waals surface area contributed by atoms with Crippen LogP contribution in [0.5, 0.6) is 0 Å². The Labute approximate surface area is 88.8 Å². The summed E-state index contributed by atoms with van der Waals surface area (Å²) in [5.74, 6) is 0.412. The summed E-state index contributed by atoms with van der Waals surface area (Å²) in [6.45, 7) is 3.84. The van der Waals surface area contributed by atoms with Gasteiger partial charge in [0.2, 0.25) is 0 Å². The minimum atomic E-state index is 0.0929. The zero-order valence-corrected chi connectivity index (χ0v) is 8.73. The van der Waals surface area contributed by atoms with E-state index in [1.165, 1.54) is 0 Å². The number of aliphatic imine (C=N–C) groups is 1. The molecule has 0 amide bonds. The maximum absolute atomic E-state index is 8.91. The van der Waals surface area contributed by atoms with Crippen molar-refractivity contribution in [2.75, 3.05) is 0 Å². The molecule has 0 fully saturated rings. The molecule has 15 heavy (non-hydrogen) atoms. The maximum atomic E-state index is 8.91. The molecular formula is C11H13N3O. The Kier molecular flexibility index (Phi) is 3.83. The highest BCUT2D eigenvalue weighted by atomic mass is 16.5. The van der Waals surface area contributed by atoms with Gasteiger partial charge in [-0.05, 0) is 38.1 Å². The first-order valence-corrected chi connectivity index (χ1v) is 4.66. The molecule has 0 radical (unpaired) electrons. The van der Waals surface area contributed by atoms with Gasteiger partial charge in [-0.1, -0.05) is 0 Å². The van der Waals surface area contributed by atoms with Crippen molar-refractivity contribution in [2.45, 2.75) is 19.9 Å². The van der Waals surface area contributed by atoms with Crippen LogP contribution in [-0.2, 0) is 0 Å². The number of nitrogens with one attached hydrogen (secondary N) is 1. The highest BCUT2D eigenvalue weighted by Gasteiger charge is 2.02. The van der Waals surface area contributed by atoms with Gasteiger partial charge >= 0.3 is 0 Å². The summed E-state index contributed by atoms with van der Waals surface area (Å²) < 4.78 is 0. The maximum Gasteiger partial charge on any atom is 0.152 e. The second kappa shape index (κ2) is 5.13. The largest absolute Gasteiger partial charge is 0.290 e. The molecule has 4 nitrogen and oxygen atoms in total. The van der Waals surface area contributed by atoms with E-state index in [-0.39, 0.29) is 6.04 Å². The van der Waals surface area contributed by atoms with Gasteiger partial charge in [0.05, 0.1) is 11.6 Å². The van der Waals surface area contributed by atoms with Crippen molar-refractivity contribution in [3.63, 3.8) is 0 Å². The molecule has 0 atom stereocenters. The minimum absolute atomic E-state index is 0.0929. The molecule has 0 spiro atoms. The summed E-state index contributed by atoms with van der Waals surface area (Å²) in [7, 11) is 0. The van der Waals surface area contributed by atoms with Crippen LogP contribution in [-0.4, -0.2) is 17.1 Å². The van der Waals surface area contributed by atoms with Crippen LogP contribution in [0.25, 0.3) is 0 Å². The number of nitrogens with zero attached hydrogens (tertiary/aromatic N) is 2. The zero-order valence-electron chi connectivity index (χ0n) is 8.73. The summed E-state index contributed by atoms with van der Waals surface area (Å²) in [5, 5.41) is 17.5. The van der Waals surface area contributed by atoms with Gasteiger partial charge in [0.25, 0.3) is 0 Å². The second-order valence-electron chi connectivity index (χ2n) is 3.37. The van der Waals surface area contributed by atoms with E-state index in [1.54, 1.807) is 24.3 Å². The molecule has 2 N–H and O–H groups in total. The lowest BCUT2D eigenvalue weighted by atomic mass is 10.1. The van der Waals surface area contributed by atoms with Crippen molar-refractivity contribution < 1.29 is 5.21 Å². The van der Waals surface area contributed by atoms with E-state index in [2.05, 4.69) is 10.5 Å². The molecule has 0 bridgehead atoms. The number of rotatable bonds is 2. The van der Waals surface area contributed by atoms with Gasteiger partial charge in [-0.2, -0.15) is 5.26 Å². The lowest BCUT2D eigenvalue weighted by Gasteiger charge is -2.06. The molecule has 0 saturated carbocycles. The SMILES string of the molecule is CC(C)N=C(NO)c1ccc(C#N)cc1. The van der Waals surface area contributed by atoms with Crippen LogP contribution >= 0.6 is 0 Å². The summed E-state index contributed by atoms with van der Waals surface area (Å²) in [6.07, 6.45) is 0. The zero-order chi connectivity index (χ0) is 11.3. The molecule has 0 saturated heterocycles. The molecule has 0 aliphatic rings. The van der Waals surface area contributed by atoms with Crippen molar-refractivity contribution >= 4 is 5.84 Å². The predicted molar refractivity (Wildman–Crippen MR) is 57.8 cm³/mol. The van der Waals surface area contributed by atoms with Gasteiger partial charge in [0, 0.05) is 11.6 Å². The predicted octanol–water partition coefficient (Wildman–Crippen LogP) is 1.69. The highest BCUT2D eigenvalue weighted by molar-refractivity contribution is 5.98. The van der Waals surface area contributed by atoms with Crippen molar-refractivity contribution in [3.8, 4) is 6.07 Å². The third-order valence-electron chi connectivity index (χ3n) is 1.78. The Balaban J connectivity index is 2.99. The topological polar surface area (TPSA) is 68.4 Å². The Morgan fingerprint density at radius 2 is 2.00 bits per heavy atom. The van der Waals surface area contributed by atoms with Crippen LogP contribution in [0, 0.1) is 11.3 Å². The summed E-state index contributed by atoms with van der Waals surface area (Å²) in [6, 6.07) is 8.97. The molecule has 0 aromatic heterocycles. The number of amidine groups is 1. The van der Waals surface area contributed by atoms with Gasteiger partial charge < -0.3 is 0 Å². The third-order valence-corrected chi connectivity index (χ3v) is 1.78. The first kappa shape index (κ1) is 11.2. The Hall–Kier alpha value is -1.86. The highest BCUT2D eigenvalue weighted by Crippen LogP contribution is 2.04. The summed E-state index contributed by atoms with van der Waals surface area (Å²) >= 11 is 0. The second-order valence-corrected chi connectivity index (χ2v) is 3.37. The van der Waals surface area contributed by atoms with Crippen LogP contribution < -0.4 is 5.48 Å². The third kappa shape index (κ3) is 3.08. The fraction of sp³-hybridized carbons (Fsp3) is 0.273. The van der Waals surface area contributed by atoms with E-state index in [4.69, 9.17) is 10.5 Å². The molecule has 0 unspecified atom stereocenters. The molecule has 4 heteroatoms. The average molecular weight is 203 g/mol. The first-order valence-electron chi connectivity index (χ1n) is 4.66. The van der Waals surface area contributed by atoms with Crippen LogP contribution in [0.1, 0.15) is 25.0 Å². The lowest BCUT2D eigenvalue weighted by Crippen LogP contribution is -2.21. The van der Waals surface area contributed by atoms with Gasteiger partial charge in [-0.3, -0.25) is 15.7 Å². The van der Waals surface area contributed by atoms with Crippen LogP contribution in [0.3, 0.4) is 0 Å². The monoisotopic (exact) mass is 203 g/mol.